The van der Waals surface area contributed by atoms with Crippen LogP contribution in [0.2, 0.25) is 6.32 Å². The van der Waals surface area contributed by atoms with Gasteiger partial charge in [0.05, 0.1) is 7.41 Å². The van der Waals surface area contributed by atoms with Crippen molar-refractivity contribution in [3.63, 3.8) is 0 Å². The predicted octanol–water partition coefficient (Wildman–Crippen LogP) is -0.500. The minimum Gasteiger partial charge on any atom is -0.486 e. The second-order valence-corrected chi connectivity index (χ2v) is 1.79. The monoisotopic (exact) mass is 82.1 g/mol. The van der Waals surface area contributed by atoms with E-state index < -0.39 is 0 Å². The van der Waals surface area contributed by atoms with E-state index in [1.54, 1.807) is 0 Å². The van der Waals surface area contributed by atoms with Gasteiger partial charge >= 0.3 is 0 Å². The molecule has 0 bridgehead atoms. The first-order valence-corrected chi connectivity index (χ1v) is 2.71. The highest BCUT2D eigenvalue weighted by atomic mass is 14.7. The molecule has 6 heavy (non-hydrogen) atoms. The zero-order valence-corrected chi connectivity index (χ0v) is 4.07. The van der Waals surface area contributed by atoms with Crippen LogP contribution in [-0.4, -0.2) is 14.0 Å². The van der Waals surface area contributed by atoms with Crippen molar-refractivity contribution in [2.45, 2.75) is 6.32 Å². The molecule has 33 valence electrons. The molecule has 0 amide bonds. The molecule has 0 spiro atoms. The third-order valence-corrected chi connectivity index (χ3v) is 1.18. The number of nitrogens with one attached hydrogen (secondary N) is 1. The van der Waals surface area contributed by atoms with Gasteiger partial charge in [-0.3, -0.25) is 0 Å². The summed E-state index contributed by atoms with van der Waals surface area (Å²) in [7, 11) is 0.271. The normalized spacial score (nSPS) is 22.7. The van der Waals surface area contributed by atoms with Crippen molar-refractivity contribution in [3.8, 4) is 0 Å². The van der Waals surface area contributed by atoms with E-state index >= 15 is 0 Å². The Morgan fingerprint density at radius 2 is 2.83 bits per heavy atom. The Bertz CT molecular complexity index is 23.0. The van der Waals surface area contributed by atoms with Crippen molar-refractivity contribution in [1.29, 1.82) is 0 Å². The molecular weight excluding hydrogens is 72.9 g/mol. The molecule has 1 N–H and O–H groups in total. The van der Waals surface area contributed by atoms with E-state index in [1.807, 2.05) is 0 Å². The molecule has 1 radical (unpaired) electrons. The van der Waals surface area contributed by atoms with Gasteiger partial charge in [-0.1, -0.05) is 0 Å². The van der Waals surface area contributed by atoms with Gasteiger partial charge in [0, 0.05) is 13.0 Å². The minimum absolute atomic E-state index is 0.271. The van der Waals surface area contributed by atoms with Crippen molar-refractivity contribution >= 4 is 7.41 Å². The van der Waals surface area contributed by atoms with Gasteiger partial charge in [-0.2, -0.15) is 0 Å². The van der Waals surface area contributed by atoms with Crippen LogP contribution in [0.5, 0.6) is 0 Å². The van der Waals surface area contributed by atoms with E-state index in [1.165, 1.54) is 6.32 Å². The highest BCUT2D eigenvalue weighted by Gasteiger charge is 1.99. The van der Waals surface area contributed by atoms with Gasteiger partial charge in [0.1, 0.15) is 6.42 Å². The SMILES string of the molecule is [BH2-]1C[CH+][CH]CN1. The van der Waals surface area contributed by atoms with Crippen LogP contribution in [0.25, 0.3) is 0 Å². The summed E-state index contributed by atoms with van der Waals surface area (Å²) >= 11 is 0. The van der Waals surface area contributed by atoms with Gasteiger partial charge in [-0.05, 0) is 6.32 Å². The molecule has 1 aliphatic heterocycles. The predicted molar refractivity (Wildman–Crippen MR) is 30.0 cm³/mol. The van der Waals surface area contributed by atoms with Crippen molar-refractivity contribution in [1.82, 2.24) is 5.23 Å². The van der Waals surface area contributed by atoms with Crippen LogP contribution in [0.1, 0.15) is 0 Å². The van der Waals surface area contributed by atoms with Crippen molar-refractivity contribution in [3.05, 3.63) is 12.8 Å². The summed E-state index contributed by atoms with van der Waals surface area (Å²) in [6, 6.07) is 0. The lowest BCUT2D eigenvalue weighted by molar-refractivity contribution is 0.974. The summed E-state index contributed by atoms with van der Waals surface area (Å²) < 4.78 is 0. The number of hydrogen-bond donors (Lipinski definition) is 1. The van der Waals surface area contributed by atoms with E-state index in [-0.39, 0.29) is 7.41 Å². The maximum Gasteiger partial charge on any atom is 0.147 e. The Balaban J connectivity index is 2.00. The summed E-state index contributed by atoms with van der Waals surface area (Å²) in [4.78, 5) is 0. The second kappa shape index (κ2) is 2.14. The number of rotatable bonds is 0. The molecule has 0 saturated carbocycles. The molecule has 2 heteroatoms. The third-order valence-electron chi connectivity index (χ3n) is 1.18. The van der Waals surface area contributed by atoms with Gasteiger partial charge in [0.15, 0.2) is 0 Å². The lowest BCUT2D eigenvalue weighted by atomic mass is 9.83. The van der Waals surface area contributed by atoms with Crippen molar-refractivity contribution in [2.24, 2.45) is 0 Å². The quantitative estimate of drug-likeness (QED) is 0.307. The average Bonchev–Trinajstić information content (AvgIpc) is 1.72. The highest BCUT2D eigenvalue weighted by molar-refractivity contribution is 6.33. The number of hydrogen-bond acceptors (Lipinski definition) is 1. The fourth-order valence-electron chi connectivity index (χ4n) is 0.774. The van der Waals surface area contributed by atoms with E-state index in [0.717, 1.165) is 6.54 Å². The van der Waals surface area contributed by atoms with E-state index in [9.17, 15) is 0 Å². The van der Waals surface area contributed by atoms with Crippen molar-refractivity contribution < 1.29 is 0 Å². The van der Waals surface area contributed by atoms with Gasteiger partial charge in [0.2, 0.25) is 0 Å². The maximum atomic E-state index is 3.32. The maximum absolute atomic E-state index is 3.32. The summed E-state index contributed by atoms with van der Waals surface area (Å²) in [5, 5.41) is 3.32. The standard InChI is InChI=1S/C4H9BN/c1-2-4-6-5-3-1/h1-2,6H,3-5H2. The second-order valence-electron chi connectivity index (χ2n) is 1.79. The fraction of sp³-hybridized carbons (Fsp3) is 0.500. The molecule has 1 saturated heterocycles. The summed E-state index contributed by atoms with van der Waals surface area (Å²) in [6.07, 6.45) is 5.78. The van der Waals surface area contributed by atoms with Crippen LogP contribution in [0.15, 0.2) is 0 Å². The van der Waals surface area contributed by atoms with Crippen molar-refractivity contribution in [2.75, 3.05) is 6.54 Å². The lowest BCUT2D eigenvalue weighted by Gasteiger charge is -2.07. The first-order valence-electron chi connectivity index (χ1n) is 2.71. The van der Waals surface area contributed by atoms with Crippen LogP contribution in [0.4, 0.5) is 0 Å². The summed E-state index contributed by atoms with van der Waals surface area (Å²) in [5.41, 5.74) is 0. The smallest absolute Gasteiger partial charge is 0.147 e. The topological polar surface area (TPSA) is 12.0 Å². The Morgan fingerprint density at radius 3 is 3.00 bits per heavy atom. The Morgan fingerprint density at radius 1 is 1.83 bits per heavy atom. The minimum atomic E-state index is 0.271. The molecular formula is C4H9BN. The van der Waals surface area contributed by atoms with Crippen LogP contribution in [0.3, 0.4) is 0 Å². The van der Waals surface area contributed by atoms with Crippen LogP contribution in [-0.2, 0) is 0 Å². The van der Waals surface area contributed by atoms with E-state index in [2.05, 4.69) is 18.1 Å². The first kappa shape index (κ1) is 4.06. The van der Waals surface area contributed by atoms with Crippen LogP contribution in [0, 0.1) is 12.8 Å². The lowest BCUT2D eigenvalue weighted by Crippen LogP contribution is -2.25. The fourth-order valence-corrected chi connectivity index (χ4v) is 0.774. The Labute approximate surface area is 39.4 Å². The third kappa shape index (κ3) is 0.939. The zero-order chi connectivity index (χ0) is 4.24. The molecule has 0 unspecified atom stereocenters. The molecule has 0 atom stereocenters. The molecule has 1 rings (SSSR count). The molecule has 1 nitrogen and oxygen atoms in total. The molecule has 0 aromatic heterocycles. The van der Waals surface area contributed by atoms with E-state index in [4.69, 9.17) is 0 Å². The van der Waals surface area contributed by atoms with Gasteiger partial charge < -0.3 is 5.23 Å². The molecule has 0 aromatic rings. The summed E-state index contributed by atoms with van der Waals surface area (Å²) in [5.74, 6) is 0. The zero-order valence-electron chi connectivity index (χ0n) is 4.07. The molecule has 1 aliphatic rings. The van der Waals surface area contributed by atoms with Gasteiger partial charge in [0.25, 0.3) is 0 Å². The Kier molecular flexibility index (Phi) is 1.45. The average molecular weight is 81.9 g/mol. The highest BCUT2D eigenvalue weighted by Crippen LogP contribution is 1.93. The molecule has 0 aromatic carbocycles. The molecule has 0 aliphatic carbocycles. The van der Waals surface area contributed by atoms with Crippen LogP contribution < -0.4 is 5.23 Å². The van der Waals surface area contributed by atoms with Crippen LogP contribution >= 0.6 is 0 Å². The van der Waals surface area contributed by atoms with Gasteiger partial charge in [-0.15, -0.1) is 0 Å². The first-order chi connectivity index (χ1) is 3.00. The largest absolute Gasteiger partial charge is 0.486 e. The van der Waals surface area contributed by atoms with Gasteiger partial charge in [-0.25, -0.2) is 0 Å². The summed E-state index contributed by atoms with van der Waals surface area (Å²) in [6.45, 7) is 1.12. The van der Waals surface area contributed by atoms with E-state index in [0.29, 0.717) is 0 Å². The molecule has 1 fully saturated rings. The Hall–Kier alpha value is -0.105. The molecule has 1 heterocycles.